The van der Waals surface area contributed by atoms with E-state index in [1.165, 1.54) is 0 Å². The maximum atomic E-state index is 12.7. The Morgan fingerprint density at radius 3 is 1.65 bits per heavy atom. The summed E-state index contributed by atoms with van der Waals surface area (Å²) in [6.07, 6.45) is 0. The Kier molecular flexibility index (Phi) is 5.36. The van der Waals surface area contributed by atoms with Crippen LogP contribution in [0.25, 0.3) is 0 Å². The van der Waals surface area contributed by atoms with Gasteiger partial charge in [0.25, 0.3) is 0 Å². The van der Waals surface area contributed by atoms with E-state index < -0.39 is 5.97 Å². The standard InChI is InChI=1S/C22H28O4/c1-21(2,3)17-12-14(13-18(19(17)23)22(4,5)6)20(24)26-16-10-8-15(25-7)9-11-16/h8-13,23H,1-7H3. The minimum atomic E-state index is -0.453. The third-order valence-corrected chi connectivity index (χ3v) is 4.23. The summed E-state index contributed by atoms with van der Waals surface area (Å²) in [5, 5.41) is 10.7. The van der Waals surface area contributed by atoms with Gasteiger partial charge in [-0.15, -0.1) is 0 Å². The Morgan fingerprint density at radius 1 is 0.846 bits per heavy atom. The number of carbonyl (C=O) groups excluding carboxylic acids is 1. The Balaban J connectivity index is 2.45. The van der Waals surface area contributed by atoms with Crippen LogP contribution in [0.1, 0.15) is 63.0 Å². The molecule has 0 heterocycles. The number of carbonyl (C=O) groups is 1. The van der Waals surface area contributed by atoms with Gasteiger partial charge < -0.3 is 14.6 Å². The fraction of sp³-hybridized carbons (Fsp3) is 0.409. The molecule has 0 aromatic heterocycles. The molecule has 2 aromatic carbocycles. The maximum absolute atomic E-state index is 12.7. The molecule has 0 aliphatic carbocycles. The Bertz CT molecular complexity index is 755. The molecule has 4 nitrogen and oxygen atoms in total. The molecule has 4 heteroatoms. The van der Waals surface area contributed by atoms with Crippen molar-refractivity contribution in [2.75, 3.05) is 7.11 Å². The third-order valence-electron chi connectivity index (χ3n) is 4.23. The predicted molar refractivity (Wildman–Crippen MR) is 103 cm³/mol. The van der Waals surface area contributed by atoms with Gasteiger partial charge in [-0.2, -0.15) is 0 Å². The monoisotopic (exact) mass is 356 g/mol. The number of aromatic hydroxyl groups is 1. The largest absolute Gasteiger partial charge is 0.507 e. The summed E-state index contributed by atoms with van der Waals surface area (Å²) in [5.41, 5.74) is 1.27. The molecule has 0 unspecified atom stereocenters. The number of methoxy groups -OCH3 is 1. The number of phenolic OH excluding ortho intramolecular Hbond substituents is 1. The molecular formula is C22H28O4. The number of hydrogen-bond donors (Lipinski definition) is 1. The average molecular weight is 356 g/mol. The van der Waals surface area contributed by atoms with E-state index in [9.17, 15) is 9.90 Å². The van der Waals surface area contributed by atoms with Crippen molar-refractivity contribution in [1.82, 2.24) is 0 Å². The van der Waals surface area contributed by atoms with Crippen molar-refractivity contribution in [1.29, 1.82) is 0 Å². The van der Waals surface area contributed by atoms with Crippen molar-refractivity contribution < 1.29 is 19.4 Å². The highest BCUT2D eigenvalue weighted by Gasteiger charge is 2.28. The highest BCUT2D eigenvalue weighted by Crippen LogP contribution is 2.40. The molecule has 0 saturated carbocycles. The fourth-order valence-electron chi connectivity index (χ4n) is 2.71. The molecule has 0 saturated heterocycles. The zero-order valence-electron chi connectivity index (χ0n) is 16.6. The van der Waals surface area contributed by atoms with Gasteiger partial charge in [0.1, 0.15) is 17.2 Å². The molecule has 140 valence electrons. The predicted octanol–water partition coefficient (Wildman–Crippen LogP) is 5.22. The van der Waals surface area contributed by atoms with Crippen LogP contribution in [0.3, 0.4) is 0 Å². The van der Waals surface area contributed by atoms with E-state index in [0.717, 1.165) is 11.1 Å². The first-order valence-corrected chi connectivity index (χ1v) is 8.67. The summed E-state index contributed by atoms with van der Waals surface area (Å²) in [6.45, 7) is 12.0. The van der Waals surface area contributed by atoms with Gasteiger partial charge in [-0.1, -0.05) is 41.5 Å². The van der Waals surface area contributed by atoms with Crippen molar-refractivity contribution >= 4 is 5.97 Å². The number of benzene rings is 2. The lowest BCUT2D eigenvalue weighted by Gasteiger charge is -2.27. The van der Waals surface area contributed by atoms with Crippen LogP contribution >= 0.6 is 0 Å². The van der Waals surface area contributed by atoms with Crippen molar-refractivity contribution in [3.63, 3.8) is 0 Å². The first-order valence-electron chi connectivity index (χ1n) is 8.67. The third kappa shape index (κ3) is 4.37. The summed E-state index contributed by atoms with van der Waals surface area (Å²) in [7, 11) is 1.58. The first kappa shape index (κ1) is 19.8. The Hall–Kier alpha value is -2.49. The molecule has 0 radical (unpaired) electrons. The highest BCUT2D eigenvalue weighted by molar-refractivity contribution is 5.92. The van der Waals surface area contributed by atoms with Crippen molar-refractivity contribution in [3.05, 3.63) is 53.1 Å². The zero-order chi connectivity index (χ0) is 19.7. The lowest BCUT2D eigenvalue weighted by molar-refractivity contribution is 0.0734. The van der Waals surface area contributed by atoms with E-state index in [1.54, 1.807) is 43.5 Å². The SMILES string of the molecule is COc1ccc(OC(=O)c2cc(C(C)(C)C)c(O)c(C(C)(C)C)c2)cc1. The van der Waals surface area contributed by atoms with Crippen LogP contribution in [-0.4, -0.2) is 18.2 Å². The lowest BCUT2D eigenvalue weighted by atomic mass is 9.78. The van der Waals surface area contributed by atoms with Gasteiger partial charge in [0.15, 0.2) is 0 Å². The van der Waals surface area contributed by atoms with E-state index in [2.05, 4.69) is 0 Å². The average Bonchev–Trinajstić information content (AvgIpc) is 2.53. The Morgan fingerprint density at radius 2 is 1.27 bits per heavy atom. The molecule has 0 aliphatic heterocycles. The first-order chi connectivity index (χ1) is 11.9. The molecule has 26 heavy (non-hydrogen) atoms. The molecule has 0 amide bonds. The minimum Gasteiger partial charge on any atom is -0.507 e. The van der Waals surface area contributed by atoms with Gasteiger partial charge in [0.05, 0.1) is 12.7 Å². The van der Waals surface area contributed by atoms with Crippen molar-refractivity contribution in [2.45, 2.75) is 52.4 Å². The molecule has 0 bridgehead atoms. The van der Waals surface area contributed by atoms with E-state index >= 15 is 0 Å². The molecule has 2 aromatic rings. The van der Waals surface area contributed by atoms with Crippen LogP contribution in [-0.2, 0) is 10.8 Å². The van der Waals surface area contributed by atoms with Crippen LogP contribution in [0.15, 0.2) is 36.4 Å². The van der Waals surface area contributed by atoms with Gasteiger partial charge in [0.2, 0.25) is 0 Å². The topological polar surface area (TPSA) is 55.8 Å². The number of phenols is 1. The van der Waals surface area contributed by atoms with Crippen LogP contribution in [0.5, 0.6) is 17.2 Å². The number of ether oxygens (including phenoxy) is 2. The van der Waals surface area contributed by atoms with Gasteiger partial charge in [-0.05, 0) is 47.2 Å². The molecule has 1 N–H and O–H groups in total. The van der Waals surface area contributed by atoms with Crippen LogP contribution in [0, 0.1) is 0 Å². The van der Waals surface area contributed by atoms with Gasteiger partial charge in [-0.25, -0.2) is 4.79 Å². The second-order valence-electron chi connectivity index (χ2n) is 8.49. The van der Waals surface area contributed by atoms with E-state index in [4.69, 9.17) is 9.47 Å². The van der Waals surface area contributed by atoms with E-state index in [-0.39, 0.29) is 16.6 Å². The fourth-order valence-corrected chi connectivity index (χ4v) is 2.71. The summed E-state index contributed by atoms with van der Waals surface area (Å²) in [4.78, 5) is 12.7. The molecule has 2 rings (SSSR count). The van der Waals surface area contributed by atoms with Crippen molar-refractivity contribution in [3.8, 4) is 17.2 Å². The van der Waals surface area contributed by atoms with Crippen LogP contribution < -0.4 is 9.47 Å². The second kappa shape index (κ2) is 7.02. The molecule has 0 atom stereocenters. The summed E-state index contributed by atoms with van der Waals surface area (Å²) < 4.78 is 10.6. The minimum absolute atomic E-state index is 0.242. The smallest absolute Gasteiger partial charge is 0.343 e. The highest BCUT2D eigenvalue weighted by atomic mass is 16.5. The normalized spacial score (nSPS) is 12.0. The van der Waals surface area contributed by atoms with Crippen LogP contribution in [0.2, 0.25) is 0 Å². The summed E-state index contributed by atoms with van der Waals surface area (Å²) >= 11 is 0. The second-order valence-corrected chi connectivity index (χ2v) is 8.49. The number of rotatable bonds is 3. The summed E-state index contributed by atoms with van der Waals surface area (Å²) in [5.74, 6) is 0.926. The van der Waals surface area contributed by atoms with Gasteiger partial charge >= 0.3 is 5.97 Å². The zero-order valence-corrected chi connectivity index (χ0v) is 16.6. The molecule has 0 fully saturated rings. The van der Waals surface area contributed by atoms with Crippen molar-refractivity contribution in [2.24, 2.45) is 0 Å². The number of esters is 1. The lowest BCUT2D eigenvalue weighted by Crippen LogP contribution is -2.20. The summed E-state index contributed by atoms with van der Waals surface area (Å²) in [6, 6.07) is 10.3. The molecular weight excluding hydrogens is 328 g/mol. The van der Waals surface area contributed by atoms with E-state index in [1.807, 2.05) is 41.5 Å². The molecule has 0 spiro atoms. The van der Waals surface area contributed by atoms with Gasteiger partial charge in [0, 0.05) is 11.1 Å². The maximum Gasteiger partial charge on any atom is 0.343 e. The van der Waals surface area contributed by atoms with E-state index in [0.29, 0.717) is 17.1 Å². The quantitative estimate of drug-likeness (QED) is 0.605. The Labute approximate surface area is 155 Å². The molecule has 0 aliphatic rings. The van der Waals surface area contributed by atoms with Gasteiger partial charge in [-0.3, -0.25) is 0 Å². The van der Waals surface area contributed by atoms with Crippen LogP contribution in [0.4, 0.5) is 0 Å². The number of hydrogen-bond acceptors (Lipinski definition) is 4.